The third-order valence-electron chi connectivity index (χ3n) is 3.09. The fraction of sp³-hybridized carbons (Fsp3) is 0.706. The molecule has 0 N–H and O–H groups in total. The summed E-state index contributed by atoms with van der Waals surface area (Å²) in [6.45, 7) is 2.25. The molecule has 0 aromatic carbocycles. The highest BCUT2D eigenvalue weighted by molar-refractivity contribution is 5.69. The van der Waals surface area contributed by atoms with Gasteiger partial charge in [0.05, 0.1) is 7.11 Å². The van der Waals surface area contributed by atoms with Crippen LogP contribution >= 0.6 is 0 Å². The number of allylic oxidation sites excluding steroid dienone is 4. The zero-order valence-electron chi connectivity index (χ0n) is 12.7. The van der Waals surface area contributed by atoms with Gasteiger partial charge in [0.15, 0.2) is 0 Å². The van der Waals surface area contributed by atoms with Gasteiger partial charge in [0.1, 0.15) is 0 Å². The number of carbonyl (C=O) groups is 1. The van der Waals surface area contributed by atoms with Gasteiger partial charge < -0.3 is 4.74 Å². The molecule has 0 atom stereocenters. The molecule has 0 aromatic rings. The molecule has 0 spiro atoms. The molecule has 0 saturated heterocycles. The van der Waals surface area contributed by atoms with Crippen LogP contribution in [0.4, 0.5) is 0 Å². The lowest BCUT2D eigenvalue weighted by atomic mass is 10.1. The van der Waals surface area contributed by atoms with E-state index in [9.17, 15) is 4.79 Å². The van der Waals surface area contributed by atoms with Crippen LogP contribution in [0.2, 0.25) is 0 Å². The second-order valence-electron chi connectivity index (χ2n) is 4.88. The Morgan fingerprint density at radius 2 is 1.47 bits per heavy atom. The molecule has 19 heavy (non-hydrogen) atoms. The van der Waals surface area contributed by atoms with E-state index in [0.717, 1.165) is 12.8 Å². The first-order valence-corrected chi connectivity index (χ1v) is 7.69. The van der Waals surface area contributed by atoms with Crippen molar-refractivity contribution in [3.05, 3.63) is 24.3 Å². The summed E-state index contributed by atoms with van der Waals surface area (Å²) in [5.74, 6) is -0.119. The molecule has 0 rings (SSSR count). The molecule has 0 aliphatic heterocycles. The number of hydrogen-bond acceptors (Lipinski definition) is 2. The van der Waals surface area contributed by atoms with Crippen molar-refractivity contribution in [2.75, 3.05) is 7.11 Å². The van der Waals surface area contributed by atoms with E-state index in [1.165, 1.54) is 52.1 Å². The number of methoxy groups -OCH3 is 1. The molecule has 2 heteroatoms. The van der Waals surface area contributed by atoms with Gasteiger partial charge in [-0.05, 0) is 25.7 Å². The molecule has 0 fully saturated rings. The Morgan fingerprint density at radius 1 is 0.895 bits per heavy atom. The van der Waals surface area contributed by atoms with Gasteiger partial charge in [-0.2, -0.15) is 0 Å². The fourth-order valence-corrected chi connectivity index (χ4v) is 1.86. The van der Waals surface area contributed by atoms with Crippen molar-refractivity contribution in [1.82, 2.24) is 0 Å². The predicted octanol–water partition coefficient (Wildman–Crippen LogP) is 5.19. The van der Waals surface area contributed by atoms with Crippen LogP contribution in [0.25, 0.3) is 0 Å². The lowest BCUT2D eigenvalue weighted by Crippen LogP contribution is -1.98. The summed E-state index contributed by atoms with van der Waals surface area (Å²) < 4.78 is 4.58. The molecular formula is C17H30O2. The molecule has 0 heterocycles. The number of unbranched alkanes of at least 4 members (excludes halogenated alkanes) is 7. The molecule has 0 aliphatic rings. The summed E-state index contributed by atoms with van der Waals surface area (Å²) in [7, 11) is 1.43. The monoisotopic (exact) mass is 266 g/mol. The minimum atomic E-state index is -0.119. The van der Waals surface area contributed by atoms with Crippen molar-refractivity contribution in [2.45, 2.75) is 71.1 Å². The summed E-state index contributed by atoms with van der Waals surface area (Å²) in [6.07, 6.45) is 20.2. The van der Waals surface area contributed by atoms with Crippen molar-refractivity contribution < 1.29 is 9.53 Å². The number of hydrogen-bond donors (Lipinski definition) is 0. The maximum atomic E-state index is 10.9. The summed E-state index contributed by atoms with van der Waals surface area (Å²) in [5.41, 5.74) is 0. The highest BCUT2D eigenvalue weighted by atomic mass is 16.5. The van der Waals surface area contributed by atoms with Gasteiger partial charge in [0.2, 0.25) is 0 Å². The zero-order valence-corrected chi connectivity index (χ0v) is 12.7. The number of esters is 1. The second kappa shape index (κ2) is 15.0. The van der Waals surface area contributed by atoms with Gasteiger partial charge in [-0.15, -0.1) is 0 Å². The summed E-state index contributed by atoms with van der Waals surface area (Å²) in [4.78, 5) is 10.9. The lowest BCUT2D eigenvalue weighted by molar-refractivity contribution is -0.140. The average molecular weight is 266 g/mol. The van der Waals surface area contributed by atoms with E-state index in [0.29, 0.717) is 6.42 Å². The smallest absolute Gasteiger partial charge is 0.305 e. The maximum Gasteiger partial charge on any atom is 0.305 e. The van der Waals surface area contributed by atoms with E-state index >= 15 is 0 Å². The molecule has 0 aromatic heterocycles. The van der Waals surface area contributed by atoms with Crippen molar-refractivity contribution in [2.24, 2.45) is 0 Å². The Labute approximate surface area is 118 Å². The summed E-state index contributed by atoms with van der Waals surface area (Å²) in [5, 5.41) is 0. The topological polar surface area (TPSA) is 26.3 Å². The molecule has 0 unspecified atom stereocenters. The van der Waals surface area contributed by atoms with E-state index in [1.54, 1.807) is 0 Å². The van der Waals surface area contributed by atoms with Crippen LogP contribution < -0.4 is 0 Å². The Hall–Kier alpha value is -1.05. The van der Waals surface area contributed by atoms with Crippen molar-refractivity contribution >= 4 is 5.97 Å². The number of rotatable bonds is 12. The Kier molecular flexibility index (Phi) is 14.2. The standard InChI is InChI=1S/C17H30O2/c1-3-4-5-6-7-8-9-10-11-12-13-14-15-16-17(18)19-2/h10-13H,3-9,14-16H2,1-2H3/b11-10+,13-12+. The number of ether oxygens (including phenoxy) is 1. The van der Waals surface area contributed by atoms with Gasteiger partial charge in [-0.25, -0.2) is 0 Å². The molecule has 2 nitrogen and oxygen atoms in total. The van der Waals surface area contributed by atoms with Crippen LogP contribution in [0.5, 0.6) is 0 Å². The van der Waals surface area contributed by atoms with Crippen LogP contribution in [0.15, 0.2) is 24.3 Å². The van der Waals surface area contributed by atoms with Gasteiger partial charge in [0.25, 0.3) is 0 Å². The highest BCUT2D eigenvalue weighted by Crippen LogP contribution is 2.07. The number of carbonyl (C=O) groups excluding carboxylic acids is 1. The largest absolute Gasteiger partial charge is 0.469 e. The first-order chi connectivity index (χ1) is 9.31. The zero-order chi connectivity index (χ0) is 14.2. The average Bonchev–Trinajstić information content (AvgIpc) is 2.43. The van der Waals surface area contributed by atoms with Gasteiger partial charge in [0, 0.05) is 6.42 Å². The molecule has 0 amide bonds. The van der Waals surface area contributed by atoms with Crippen molar-refractivity contribution in [3.63, 3.8) is 0 Å². The van der Waals surface area contributed by atoms with Gasteiger partial charge >= 0.3 is 5.97 Å². The third-order valence-corrected chi connectivity index (χ3v) is 3.09. The Balaban J connectivity index is 3.26. The molecule has 0 radical (unpaired) electrons. The summed E-state index contributed by atoms with van der Waals surface area (Å²) in [6, 6.07) is 0. The van der Waals surface area contributed by atoms with Crippen LogP contribution in [-0.2, 0) is 9.53 Å². The Morgan fingerprint density at radius 3 is 2.11 bits per heavy atom. The first-order valence-electron chi connectivity index (χ1n) is 7.69. The molecular weight excluding hydrogens is 236 g/mol. The van der Waals surface area contributed by atoms with E-state index in [-0.39, 0.29) is 5.97 Å². The predicted molar refractivity (Wildman–Crippen MR) is 82.1 cm³/mol. The minimum Gasteiger partial charge on any atom is -0.469 e. The Bertz CT molecular complexity index is 254. The first kappa shape index (κ1) is 17.9. The van der Waals surface area contributed by atoms with Gasteiger partial charge in [-0.1, -0.05) is 63.3 Å². The van der Waals surface area contributed by atoms with Crippen LogP contribution in [0, 0.1) is 0 Å². The third kappa shape index (κ3) is 14.9. The fourth-order valence-electron chi connectivity index (χ4n) is 1.86. The quantitative estimate of drug-likeness (QED) is 0.276. The van der Waals surface area contributed by atoms with Crippen molar-refractivity contribution in [3.8, 4) is 0 Å². The van der Waals surface area contributed by atoms with Crippen LogP contribution in [0.1, 0.15) is 71.1 Å². The lowest BCUT2D eigenvalue weighted by Gasteiger charge is -1.97. The minimum absolute atomic E-state index is 0.119. The molecule has 110 valence electrons. The summed E-state index contributed by atoms with van der Waals surface area (Å²) >= 11 is 0. The van der Waals surface area contributed by atoms with E-state index in [2.05, 4.69) is 36.0 Å². The van der Waals surface area contributed by atoms with Gasteiger partial charge in [-0.3, -0.25) is 4.79 Å². The SMILES string of the molecule is CCCCCCCC/C=C/C=C/CCCC(=O)OC. The highest BCUT2D eigenvalue weighted by Gasteiger charge is 1.96. The molecule has 0 aliphatic carbocycles. The van der Waals surface area contributed by atoms with E-state index < -0.39 is 0 Å². The normalized spacial score (nSPS) is 11.5. The molecule has 0 saturated carbocycles. The second-order valence-corrected chi connectivity index (χ2v) is 4.88. The molecule has 0 bridgehead atoms. The van der Waals surface area contributed by atoms with E-state index in [4.69, 9.17) is 0 Å². The van der Waals surface area contributed by atoms with Crippen LogP contribution in [0.3, 0.4) is 0 Å². The van der Waals surface area contributed by atoms with Crippen LogP contribution in [-0.4, -0.2) is 13.1 Å². The maximum absolute atomic E-state index is 10.9. The van der Waals surface area contributed by atoms with E-state index in [1.807, 2.05) is 0 Å². The van der Waals surface area contributed by atoms with Crippen molar-refractivity contribution in [1.29, 1.82) is 0 Å².